The molecule has 0 amide bonds. The number of aromatic nitrogens is 2. The maximum atomic E-state index is 11.8. The third-order valence-corrected chi connectivity index (χ3v) is 3.15. The molecule has 0 fully saturated rings. The number of benzene rings is 1. The number of fused-ring (bicyclic) bond motifs is 2. The molecule has 108 valence electrons. The molecule has 21 heavy (non-hydrogen) atoms. The standard InChI is InChI=1S/C14H12N2O5/c1-7(17)20-6-8-2-3-11-9(4-8)5-10-12(18)15-14(19)16-13(10)21-11/h2-4H,5-6H2,1H3,(H2,15,16,18,19). The monoisotopic (exact) mass is 288 g/mol. The van der Waals surface area contributed by atoms with E-state index in [4.69, 9.17) is 9.47 Å². The lowest BCUT2D eigenvalue weighted by atomic mass is 10.0. The highest BCUT2D eigenvalue weighted by atomic mass is 16.5. The number of ether oxygens (including phenoxy) is 2. The van der Waals surface area contributed by atoms with E-state index in [1.54, 1.807) is 12.1 Å². The van der Waals surface area contributed by atoms with Gasteiger partial charge in [-0.15, -0.1) is 0 Å². The molecule has 2 aromatic rings. The number of carbonyl (C=O) groups excluding carboxylic acids is 1. The van der Waals surface area contributed by atoms with Crippen LogP contribution in [0.25, 0.3) is 0 Å². The lowest BCUT2D eigenvalue weighted by molar-refractivity contribution is -0.142. The average Bonchev–Trinajstić information content (AvgIpc) is 2.43. The van der Waals surface area contributed by atoms with Gasteiger partial charge in [0.25, 0.3) is 5.56 Å². The second kappa shape index (κ2) is 4.93. The van der Waals surface area contributed by atoms with E-state index >= 15 is 0 Å². The Morgan fingerprint density at radius 3 is 2.90 bits per heavy atom. The number of aromatic amines is 2. The first-order valence-electron chi connectivity index (χ1n) is 6.31. The maximum absolute atomic E-state index is 11.8. The van der Waals surface area contributed by atoms with Gasteiger partial charge in [-0.3, -0.25) is 19.6 Å². The van der Waals surface area contributed by atoms with E-state index in [1.165, 1.54) is 6.92 Å². The molecule has 0 aliphatic carbocycles. The van der Waals surface area contributed by atoms with Crippen molar-refractivity contribution in [2.24, 2.45) is 0 Å². The van der Waals surface area contributed by atoms with Gasteiger partial charge in [0, 0.05) is 18.9 Å². The molecule has 7 heteroatoms. The van der Waals surface area contributed by atoms with Gasteiger partial charge in [0.05, 0.1) is 5.56 Å². The third-order valence-electron chi connectivity index (χ3n) is 3.15. The first-order chi connectivity index (χ1) is 10.0. The van der Waals surface area contributed by atoms with Crippen molar-refractivity contribution < 1.29 is 14.3 Å². The summed E-state index contributed by atoms with van der Waals surface area (Å²) >= 11 is 0. The Morgan fingerprint density at radius 2 is 2.14 bits per heavy atom. The number of hydrogen-bond donors (Lipinski definition) is 2. The van der Waals surface area contributed by atoms with Gasteiger partial charge in [-0.05, 0) is 17.7 Å². The van der Waals surface area contributed by atoms with Crippen molar-refractivity contribution in [1.29, 1.82) is 0 Å². The largest absolute Gasteiger partial charge is 0.461 e. The Labute approximate surface area is 118 Å². The quantitative estimate of drug-likeness (QED) is 0.680. The van der Waals surface area contributed by atoms with Crippen molar-refractivity contribution >= 4 is 5.97 Å². The van der Waals surface area contributed by atoms with Crippen LogP contribution in [0.4, 0.5) is 0 Å². The lowest BCUT2D eigenvalue weighted by Crippen LogP contribution is -2.28. The summed E-state index contributed by atoms with van der Waals surface area (Å²) in [7, 11) is 0. The van der Waals surface area contributed by atoms with Crippen molar-refractivity contribution in [3.63, 3.8) is 0 Å². The van der Waals surface area contributed by atoms with Gasteiger partial charge in [-0.25, -0.2) is 4.79 Å². The summed E-state index contributed by atoms with van der Waals surface area (Å²) in [6.07, 6.45) is 0.338. The fourth-order valence-corrected chi connectivity index (χ4v) is 2.18. The SMILES string of the molecule is CC(=O)OCc1ccc2c(c1)Cc1c([nH]c(=O)[nH]c1=O)O2. The van der Waals surface area contributed by atoms with Crippen LogP contribution < -0.4 is 16.0 Å². The smallest absolute Gasteiger partial charge is 0.328 e. The van der Waals surface area contributed by atoms with Crippen LogP contribution in [0.3, 0.4) is 0 Å². The minimum Gasteiger partial charge on any atom is -0.461 e. The molecule has 1 aromatic heterocycles. The molecule has 0 atom stereocenters. The number of H-pyrrole nitrogens is 2. The van der Waals surface area contributed by atoms with E-state index < -0.39 is 11.2 Å². The Hall–Kier alpha value is -2.83. The summed E-state index contributed by atoms with van der Waals surface area (Å²) in [5.74, 6) is 0.377. The van der Waals surface area contributed by atoms with Crippen molar-refractivity contribution in [3.8, 4) is 11.6 Å². The van der Waals surface area contributed by atoms with E-state index in [-0.39, 0.29) is 18.5 Å². The molecule has 2 heterocycles. The van der Waals surface area contributed by atoms with Crippen LogP contribution >= 0.6 is 0 Å². The molecule has 1 aliphatic rings. The molecular weight excluding hydrogens is 276 g/mol. The summed E-state index contributed by atoms with van der Waals surface area (Å²) in [6, 6.07) is 5.29. The molecule has 0 saturated carbocycles. The first-order valence-corrected chi connectivity index (χ1v) is 6.31. The number of esters is 1. The zero-order chi connectivity index (χ0) is 15.0. The molecule has 0 radical (unpaired) electrons. The van der Waals surface area contributed by atoms with Gasteiger partial charge < -0.3 is 9.47 Å². The second-order valence-electron chi connectivity index (χ2n) is 4.72. The Balaban J connectivity index is 1.94. The number of nitrogens with one attached hydrogen (secondary N) is 2. The predicted octanol–water partition coefficient (Wildman–Crippen LogP) is 0.823. The molecule has 0 unspecified atom stereocenters. The summed E-state index contributed by atoms with van der Waals surface area (Å²) in [6.45, 7) is 1.51. The molecule has 7 nitrogen and oxygen atoms in total. The fraction of sp³-hybridized carbons (Fsp3) is 0.214. The molecule has 0 bridgehead atoms. The van der Waals surface area contributed by atoms with E-state index in [0.717, 1.165) is 11.1 Å². The van der Waals surface area contributed by atoms with Crippen molar-refractivity contribution in [1.82, 2.24) is 9.97 Å². The minimum atomic E-state index is -0.603. The highest BCUT2D eigenvalue weighted by molar-refractivity contribution is 5.66. The number of carbonyl (C=O) groups is 1. The summed E-state index contributed by atoms with van der Waals surface area (Å²) in [5.41, 5.74) is 0.895. The van der Waals surface area contributed by atoms with E-state index in [9.17, 15) is 14.4 Å². The lowest BCUT2D eigenvalue weighted by Gasteiger charge is -2.19. The van der Waals surface area contributed by atoms with Crippen molar-refractivity contribution in [2.75, 3.05) is 0 Å². The van der Waals surface area contributed by atoms with E-state index in [2.05, 4.69) is 9.97 Å². The van der Waals surface area contributed by atoms with Gasteiger partial charge in [-0.2, -0.15) is 0 Å². The molecule has 3 rings (SSSR count). The van der Waals surface area contributed by atoms with Crippen LogP contribution in [0.2, 0.25) is 0 Å². The Bertz CT molecular complexity index is 834. The Kier molecular flexibility index (Phi) is 3.09. The van der Waals surface area contributed by atoms with Crippen molar-refractivity contribution in [2.45, 2.75) is 20.0 Å². The highest BCUT2D eigenvalue weighted by Crippen LogP contribution is 2.33. The minimum absolute atomic E-state index is 0.164. The van der Waals surface area contributed by atoms with Crippen molar-refractivity contribution in [3.05, 3.63) is 55.7 Å². The van der Waals surface area contributed by atoms with Gasteiger partial charge >= 0.3 is 11.7 Å². The number of hydrogen-bond acceptors (Lipinski definition) is 5. The van der Waals surface area contributed by atoms with Crippen LogP contribution in [-0.2, 0) is 22.6 Å². The van der Waals surface area contributed by atoms with Crippen LogP contribution in [0.5, 0.6) is 11.6 Å². The zero-order valence-electron chi connectivity index (χ0n) is 11.2. The van der Waals surface area contributed by atoms with Gasteiger partial charge in [0.15, 0.2) is 0 Å². The zero-order valence-corrected chi connectivity index (χ0v) is 11.2. The fourth-order valence-electron chi connectivity index (χ4n) is 2.18. The maximum Gasteiger partial charge on any atom is 0.328 e. The summed E-state index contributed by atoms with van der Waals surface area (Å²) in [4.78, 5) is 38.5. The molecule has 0 spiro atoms. The van der Waals surface area contributed by atoms with Crippen LogP contribution in [0.15, 0.2) is 27.8 Å². The second-order valence-corrected chi connectivity index (χ2v) is 4.72. The summed E-state index contributed by atoms with van der Waals surface area (Å²) < 4.78 is 10.5. The normalized spacial score (nSPS) is 12.0. The molecule has 2 N–H and O–H groups in total. The van der Waals surface area contributed by atoms with E-state index in [0.29, 0.717) is 17.7 Å². The van der Waals surface area contributed by atoms with Crippen LogP contribution in [-0.4, -0.2) is 15.9 Å². The average molecular weight is 288 g/mol. The van der Waals surface area contributed by atoms with Crippen LogP contribution in [0, 0.1) is 0 Å². The highest BCUT2D eigenvalue weighted by Gasteiger charge is 2.21. The summed E-state index contributed by atoms with van der Waals surface area (Å²) in [5, 5.41) is 0. The molecule has 1 aromatic carbocycles. The molecule has 0 saturated heterocycles. The first kappa shape index (κ1) is 13.2. The predicted molar refractivity (Wildman–Crippen MR) is 72.5 cm³/mol. The van der Waals surface area contributed by atoms with Gasteiger partial charge in [0.1, 0.15) is 12.4 Å². The van der Waals surface area contributed by atoms with Gasteiger partial charge in [-0.1, -0.05) is 6.07 Å². The topological polar surface area (TPSA) is 101 Å². The van der Waals surface area contributed by atoms with Gasteiger partial charge in [0.2, 0.25) is 5.88 Å². The molecule has 1 aliphatic heterocycles. The Morgan fingerprint density at radius 1 is 1.33 bits per heavy atom. The number of rotatable bonds is 2. The third kappa shape index (κ3) is 2.58. The van der Waals surface area contributed by atoms with E-state index in [1.807, 2.05) is 6.07 Å². The molecular formula is C14H12N2O5. The van der Waals surface area contributed by atoms with Crippen LogP contribution in [0.1, 0.15) is 23.6 Å².